The summed E-state index contributed by atoms with van der Waals surface area (Å²) in [7, 11) is 0. The fourth-order valence-corrected chi connectivity index (χ4v) is 1.71. The van der Waals surface area contributed by atoms with E-state index in [0.29, 0.717) is 5.69 Å². The molecular formula is C14H24N2O2. The van der Waals surface area contributed by atoms with Crippen LogP contribution < -0.4 is 15.8 Å². The highest BCUT2D eigenvalue weighted by Crippen LogP contribution is 2.23. The average Bonchev–Trinajstić information content (AvgIpc) is 2.27. The Labute approximate surface area is 109 Å². The molecule has 4 nitrogen and oxygen atoms in total. The van der Waals surface area contributed by atoms with Gasteiger partial charge in [0.2, 0.25) is 0 Å². The number of rotatable bonds is 8. The van der Waals surface area contributed by atoms with E-state index in [0.717, 1.165) is 37.2 Å². The Balaban J connectivity index is 2.46. The summed E-state index contributed by atoms with van der Waals surface area (Å²) >= 11 is 0. The molecule has 18 heavy (non-hydrogen) atoms. The molecule has 0 spiro atoms. The fourth-order valence-electron chi connectivity index (χ4n) is 1.71. The van der Waals surface area contributed by atoms with E-state index in [1.807, 2.05) is 32.0 Å². The van der Waals surface area contributed by atoms with Gasteiger partial charge in [0, 0.05) is 36.7 Å². The average molecular weight is 252 g/mol. The van der Waals surface area contributed by atoms with Gasteiger partial charge in [-0.15, -0.1) is 0 Å². The van der Waals surface area contributed by atoms with Crippen LogP contribution in [0.25, 0.3) is 0 Å². The van der Waals surface area contributed by atoms with Crippen molar-refractivity contribution in [2.24, 2.45) is 0 Å². The standard InChI is InChI=1S/C14H24N2O2/c1-11(2)18-14-9-12(15)8-13(10-14)16-6-4-3-5-7-17/h8-11,16-17H,3-7,15H2,1-2H3. The van der Waals surface area contributed by atoms with Gasteiger partial charge in [-0.25, -0.2) is 0 Å². The first-order chi connectivity index (χ1) is 8.61. The van der Waals surface area contributed by atoms with Crippen LogP contribution in [0.4, 0.5) is 11.4 Å². The highest BCUT2D eigenvalue weighted by Gasteiger charge is 2.02. The zero-order valence-electron chi connectivity index (χ0n) is 11.3. The van der Waals surface area contributed by atoms with Gasteiger partial charge in [0.05, 0.1) is 6.10 Å². The number of unbranched alkanes of at least 4 members (excludes halogenated alkanes) is 2. The molecule has 0 aliphatic carbocycles. The lowest BCUT2D eigenvalue weighted by Gasteiger charge is -2.13. The van der Waals surface area contributed by atoms with Gasteiger partial charge in [-0.05, 0) is 39.2 Å². The second-order valence-electron chi connectivity index (χ2n) is 4.67. The molecule has 0 amide bonds. The molecule has 0 aliphatic heterocycles. The molecule has 4 heteroatoms. The molecule has 0 fully saturated rings. The second kappa shape index (κ2) is 7.82. The van der Waals surface area contributed by atoms with Crippen LogP contribution in [0.15, 0.2) is 18.2 Å². The normalized spacial score (nSPS) is 10.7. The van der Waals surface area contributed by atoms with Gasteiger partial charge in [0.25, 0.3) is 0 Å². The molecule has 1 rings (SSSR count). The van der Waals surface area contributed by atoms with Crippen molar-refractivity contribution in [2.75, 3.05) is 24.2 Å². The molecule has 0 saturated carbocycles. The van der Waals surface area contributed by atoms with E-state index in [2.05, 4.69) is 5.32 Å². The summed E-state index contributed by atoms with van der Waals surface area (Å²) in [6.45, 7) is 5.13. The molecule has 102 valence electrons. The lowest BCUT2D eigenvalue weighted by atomic mass is 10.2. The smallest absolute Gasteiger partial charge is 0.123 e. The van der Waals surface area contributed by atoms with Crippen LogP contribution in [0, 0.1) is 0 Å². The SMILES string of the molecule is CC(C)Oc1cc(N)cc(NCCCCCO)c1. The lowest BCUT2D eigenvalue weighted by molar-refractivity contribution is 0.242. The molecule has 0 heterocycles. The number of aliphatic hydroxyl groups is 1. The van der Waals surface area contributed by atoms with Crippen LogP contribution in [-0.4, -0.2) is 24.4 Å². The molecule has 0 bridgehead atoms. The molecule has 4 N–H and O–H groups in total. The van der Waals surface area contributed by atoms with Crippen molar-refractivity contribution < 1.29 is 9.84 Å². The highest BCUT2D eigenvalue weighted by atomic mass is 16.5. The molecule has 0 saturated heterocycles. The molecule has 0 unspecified atom stereocenters. The van der Waals surface area contributed by atoms with Crippen molar-refractivity contribution in [1.29, 1.82) is 0 Å². The number of ether oxygens (including phenoxy) is 1. The molecular weight excluding hydrogens is 228 g/mol. The summed E-state index contributed by atoms with van der Waals surface area (Å²) in [6.07, 6.45) is 3.07. The molecule has 0 aliphatic rings. The highest BCUT2D eigenvalue weighted by molar-refractivity contribution is 5.59. The van der Waals surface area contributed by atoms with Gasteiger partial charge >= 0.3 is 0 Å². The number of anilines is 2. The van der Waals surface area contributed by atoms with Crippen LogP contribution in [0.5, 0.6) is 5.75 Å². The fraction of sp³-hybridized carbons (Fsp3) is 0.571. The Morgan fingerprint density at radius 2 is 2.00 bits per heavy atom. The second-order valence-corrected chi connectivity index (χ2v) is 4.67. The third-order valence-electron chi connectivity index (χ3n) is 2.46. The molecule has 1 aromatic carbocycles. The Morgan fingerprint density at radius 1 is 1.22 bits per heavy atom. The summed E-state index contributed by atoms with van der Waals surface area (Å²) in [5, 5.41) is 12.0. The van der Waals surface area contributed by atoms with Crippen LogP contribution in [-0.2, 0) is 0 Å². The third kappa shape index (κ3) is 5.77. The van der Waals surface area contributed by atoms with Gasteiger partial charge < -0.3 is 20.9 Å². The molecule has 1 aromatic rings. The topological polar surface area (TPSA) is 67.5 Å². The van der Waals surface area contributed by atoms with Crippen LogP contribution in [0.1, 0.15) is 33.1 Å². The zero-order chi connectivity index (χ0) is 13.4. The van der Waals surface area contributed by atoms with E-state index in [1.165, 1.54) is 0 Å². The Morgan fingerprint density at radius 3 is 2.67 bits per heavy atom. The minimum atomic E-state index is 0.143. The van der Waals surface area contributed by atoms with E-state index < -0.39 is 0 Å². The van der Waals surface area contributed by atoms with Crippen molar-refractivity contribution in [1.82, 2.24) is 0 Å². The first-order valence-corrected chi connectivity index (χ1v) is 6.54. The van der Waals surface area contributed by atoms with Gasteiger partial charge in [0.15, 0.2) is 0 Å². The van der Waals surface area contributed by atoms with E-state index in [4.69, 9.17) is 15.6 Å². The lowest BCUT2D eigenvalue weighted by Crippen LogP contribution is -2.07. The van der Waals surface area contributed by atoms with Crippen molar-refractivity contribution >= 4 is 11.4 Å². The Kier molecular flexibility index (Phi) is 6.36. The Bertz CT molecular complexity index is 354. The number of aliphatic hydroxyl groups excluding tert-OH is 1. The summed E-state index contributed by atoms with van der Waals surface area (Å²) < 4.78 is 5.63. The predicted octanol–water partition coefficient (Wildman–Crippen LogP) is 2.63. The van der Waals surface area contributed by atoms with Crippen molar-refractivity contribution in [3.8, 4) is 5.75 Å². The van der Waals surface area contributed by atoms with Crippen LogP contribution in [0.3, 0.4) is 0 Å². The van der Waals surface area contributed by atoms with Crippen molar-refractivity contribution in [3.63, 3.8) is 0 Å². The van der Waals surface area contributed by atoms with Crippen LogP contribution >= 0.6 is 0 Å². The maximum absolute atomic E-state index is 8.69. The predicted molar refractivity (Wildman–Crippen MR) is 76.0 cm³/mol. The number of nitrogens with one attached hydrogen (secondary N) is 1. The van der Waals surface area contributed by atoms with Gasteiger partial charge in [-0.2, -0.15) is 0 Å². The third-order valence-corrected chi connectivity index (χ3v) is 2.46. The van der Waals surface area contributed by atoms with Gasteiger partial charge in [-0.3, -0.25) is 0 Å². The van der Waals surface area contributed by atoms with Crippen molar-refractivity contribution in [3.05, 3.63) is 18.2 Å². The first kappa shape index (κ1) is 14.6. The van der Waals surface area contributed by atoms with E-state index in [-0.39, 0.29) is 12.7 Å². The summed E-state index contributed by atoms with van der Waals surface area (Å²) in [4.78, 5) is 0. The number of hydrogen-bond donors (Lipinski definition) is 3. The molecule has 0 atom stereocenters. The van der Waals surface area contributed by atoms with Gasteiger partial charge in [-0.1, -0.05) is 0 Å². The van der Waals surface area contributed by atoms with Crippen LogP contribution in [0.2, 0.25) is 0 Å². The number of nitrogens with two attached hydrogens (primary N) is 1. The summed E-state index contributed by atoms with van der Waals surface area (Å²) in [5.74, 6) is 0.794. The minimum absolute atomic E-state index is 0.143. The molecule has 0 aromatic heterocycles. The maximum Gasteiger partial charge on any atom is 0.123 e. The van der Waals surface area contributed by atoms with Crippen molar-refractivity contribution in [2.45, 2.75) is 39.2 Å². The number of nitrogen functional groups attached to an aromatic ring is 1. The monoisotopic (exact) mass is 252 g/mol. The summed E-state index contributed by atoms with van der Waals surface area (Å²) in [5.41, 5.74) is 7.52. The Hall–Kier alpha value is -1.42. The number of hydrogen-bond acceptors (Lipinski definition) is 4. The zero-order valence-corrected chi connectivity index (χ0v) is 11.3. The van der Waals surface area contributed by atoms with E-state index in [1.54, 1.807) is 0 Å². The quantitative estimate of drug-likeness (QED) is 0.491. The first-order valence-electron chi connectivity index (χ1n) is 6.54. The van der Waals surface area contributed by atoms with E-state index in [9.17, 15) is 0 Å². The molecule has 0 radical (unpaired) electrons. The van der Waals surface area contributed by atoms with Gasteiger partial charge in [0.1, 0.15) is 5.75 Å². The minimum Gasteiger partial charge on any atom is -0.491 e. The largest absolute Gasteiger partial charge is 0.491 e. The maximum atomic E-state index is 8.69. The number of benzene rings is 1. The summed E-state index contributed by atoms with van der Waals surface area (Å²) in [6, 6.07) is 5.69. The van der Waals surface area contributed by atoms with E-state index >= 15 is 0 Å².